The molecule has 0 heterocycles. The van der Waals surface area contributed by atoms with Gasteiger partial charge in [-0.1, -0.05) is 0 Å². The van der Waals surface area contributed by atoms with Gasteiger partial charge in [-0.25, -0.2) is 4.79 Å². The highest BCUT2D eigenvalue weighted by Gasteiger charge is 2.14. The van der Waals surface area contributed by atoms with Crippen molar-refractivity contribution < 1.29 is 92.6 Å². The van der Waals surface area contributed by atoms with E-state index in [0.717, 1.165) is 0 Å². The van der Waals surface area contributed by atoms with E-state index in [4.69, 9.17) is 77.6 Å². The van der Waals surface area contributed by atoms with Gasteiger partial charge in [0.1, 0.15) is 18.8 Å². The number of aliphatic hydroxyl groups is 6. The second-order valence-electron chi connectivity index (χ2n) is 8.82. The first-order valence-electron chi connectivity index (χ1n) is 14.5. The lowest BCUT2D eigenvalue weighted by atomic mass is 10.4. The van der Waals surface area contributed by atoms with Crippen LogP contribution < -0.4 is 0 Å². The van der Waals surface area contributed by atoms with Gasteiger partial charge < -0.3 is 87.9 Å². The fourth-order valence-corrected chi connectivity index (χ4v) is 3.02. The number of carboxylic acid groups (broad SMARTS) is 1. The highest BCUT2D eigenvalue weighted by molar-refractivity contribution is 5.67. The van der Waals surface area contributed by atoms with Crippen LogP contribution in [0.3, 0.4) is 0 Å². The lowest BCUT2D eigenvalue weighted by Crippen LogP contribution is -2.31. The summed E-state index contributed by atoms with van der Waals surface area (Å²) in [6.07, 6.45) is -4.57. The van der Waals surface area contributed by atoms with E-state index in [-0.39, 0.29) is 106 Å². The normalized spacial score (nSPS) is 15.2. The van der Waals surface area contributed by atoms with Crippen molar-refractivity contribution in [2.45, 2.75) is 31.1 Å². The van der Waals surface area contributed by atoms with Gasteiger partial charge in [0.2, 0.25) is 0 Å². The zero-order chi connectivity index (χ0) is 33.4. The lowest BCUT2D eigenvalue weighted by molar-refractivity contribution is -0.193. The summed E-state index contributed by atoms with van der Waals surface area (Å²) in [6, 6.07) is 0. The molecule has 0 fully saturated rings. The van der Waals surface area contributed by atoms with Crippen LogP contribution >= 0.6 is 0 Å². The smallest absolute Gasteiger partial charge is 0.329 e. The number of carbonyl (C=O) groups is 1. The number of aliphatic hydroxyl groups excluding tert-OH is 6. The number of rotatable bonds is 36. The molecule has 0 aliphatic heterocycles. The largest absolute Gasteiger partial charge is 0.480 e. The Morgan fingerprint density at radius 2 is 0.844 bits per heavy atom. The molecule has 270 valence electrons. The molecule has 0 aromatic carbocycles. The van der Waals surface area contributed by atoms with Crippen molar-refractivity contribution in [3.63, 3.8) is 0 Å². The quantitative estimate of drug-likeness (QED) is 0.0247. The van der Waals surface area contributed by atoms with Crippen LogP contribution in [-0.2, 0) is 56.9 Å². The topological polar surface area (TPSA) is 260 Å². The zero-order valence-electron chi connectivity index (χ0n) is 25.6. The Morgan fingerprint density at radius 3 is 1.29 bits per heavy atom. The maximum absolute atomic E-state index is 10.5. The molecule has 0 saturated carbocycles. The summed E-state index contributed by atoms with van der Waals surface area (Å²) in [6.45, 7) is -0.591. The van der Waals surface area contributed by atoms with Gasteiger partial charge >= 0.3 is 5.97 Å². The molecule has 0 amide bonds. The van der Waals surface area contributed by atoms with Gasteiger partial charge in [0.05, 0.1) is 126 Å². The molecule has 0 saturated heterocycles. The summed E-state index contributed by atoms with van der Waals surface area (Å²) in [5.74, 6) is -1.08. The van der Waals surface area contributed by atoms with Gasteiger partial charge in [0, 0.05) is 0 Å². The maximum Gasteiger partial charge on any atom is 0.329 e. The minimum absolute atomic E-state index is 0.0141. The minimum Gasteiger partial charge on any atom is -0.480 e. The third-order valence-electron chi connectivity index (χ3n) is 5.07. The van der Waals surface area contributed by atoms with Crippen molar-refractivity contribution in [2.75, 3.05) is 132 Å². The molecule has 19 nitrogen and oxygen atoms in total. The summed E-state index contributed by atoms with van der Waals surface area (Å²) < 4.78 is 58.8. The molecule has 0 rings (SSSR count). The first kappa shape index (κ1) is 43.8. The van der Waals surface area contributed by atoms with E-state index in [1.165, 1.54) is 0 Å². The molecule has 5 unspecified atom stereocenters. The van der Waals surface area contributed by atoms with Crippen molar-refractivity contribution in [1.82, 2.24) is 0 Å². The summed E-state index contributed by atoms with van der Waals surface area (Å²) in [4.78, 5) is 10.5. The van der Waals surface area contributed by atoms with Gasteiger partial charge in [0.15, 0.2) is 18.9 Å². The van der Waals surface area contributed by atoms with E-state index in [9.17, 15) is 15.0 Å². The Kier molecular flexibility index (Phi) is 31.8. The van der Waals surface area contributed by atoms with Crippen molar-refractivity contribution in [3.05, 3.63) is 0 Å². The third kappa shape index (κ3) is 29.9. The van der Waals surface area contributed by atoms with E-state index >= 15 is 0 Å². The van der Waals surface area contributed by atoms with E-state index in [1.54, 1.807) is 0 Å². The van der Waals surface area contributed by atoms with Gasteiger partial charge in [0.25, 0.3) is 0 Å². The highest BCUT2D eigenvalue weighted by atomic mass is 16.7. The Balaban J connectivity index is 4.44. The lowest BCUT2D eigenvalue weighted by Gasteiger charge is -2.21. The molecule has 0 aliphatic carbocycles. The van der Waals surface area contributed by atoms with Crippen molar-refractivity contribution in [3.8, 4) is 0 Å². The summed E-state index contributed by atoms with van der Waals surface area (Å²) >= 11 is 0. The molecule has 0 spiro atoms. The first-order chi connectivity index (χ1) is 21.9. The number of hydrogen-bond donors (Lipinski definition) is 7. The number of carboxylic acids is 1. The Hall–Kier alpha value is -1.21. The zero-order valence-corrected chi connectivity index (χ0v) is 25.6. The molecule has 19 heteroatoms. The van der Waals surface area contributed by atoms with Crippen LogP contribution in [0.1, 0.15) is 0 Å². The van der Waals surface area contributed by atoms with Crippen LogP contribution in [0.25, 0.3) is 0 Å². The molecule has 7 N–H and O–H groups in total. The van der Waals surface area contributed by atoms with E-state index in [2.05, 4.69) is 0 Å². The molecule has 0 aliphatic rings. The molecule has 0 aromatic rings. The van der Waals surface area contributed by atoms with Crippen LogP contribution in [0.5, 0.6) is 0 Å². The van der Waals surface area contributed by atoms with E-state index in [1.807, 2.05) is 0 Å². The third-order valence-corrected chi connectivity index (χ3v) is 5.07. The number of aliphatic carboxylic acids is 1. The molecule has 0 radical (unpaired) electrons. The van der Waals surface area contributed by atoms with E-state index in [0.29, 0.717) is 0 Å². The van der Waals surface area contributed by atoms with Crippen LogP contribution in [-0.4, -0.2) is 205 Å². The maximum atomic E-state index is 10.5. The van der Waals surface area contributed by atoms with Crippen LogP contribution in [0.15, 0.2) is 0 Å². The molecule has 0 bridgehead atoms. The summed E-state index contributed by atoms with van der Waals surface area (Å²) in [5.41, 5.74) is 0. The summed E-state index contributed by atoms with van der Waals surface area (Å²) in [7, 11) is 0. The highest BCUT2D eigenvalue weighted by Crippen LogP contribution is 2.01. The second-order valence-corrected chi connectivity index (χ2v) is 8.82. The standard InChI is InChI=1S/C26H52O19/c27-1-2-35-16-21(41-9-11-44-26(15-30)45-12-10-43-25(34)14-29)18-37-5-7-40-22(17-36-3-4-39-20-23(31)32)19-38-6-8-42-24(33)13-28/h21-22,24-30,33-34H,1-20H2,(H,31,32). The van der Waals surface area contributed by atoms with Crippen LogP contribution in [0.2, 0.25) is 0 Å². The Morgan fingerprint density at radius 1 is 0.467 bits per heavy atom. The van der Waals surface area contributed by atoms with Crippen molar-refractivity contribution >= 4 is 5.97 Å². The fourth-order valence-electron chi connectivity index (χ4n) is 3.02. The van der Waals surface area contributed by atoms with Gasteiger partial charge in [-0.2, -0.15) is 0 Å². The first-order valence-corrected chi connectivity index (χ1v) is 14.5. The Bertz CT molecular complexity index is 633. The Labute approximate surface area is 262 Å². The predicted molar refractivity (Wildman–Crippen MR) is 149 cm³/mol. The monoisotopic (exact) mass is 668 g/mol. The predicted octanol–water partition coefficient (Wildman–Crippen LogP) is -4.08. The van der Waals surface area contributed by atoms with Gasteiger partial charge in [-0.15, -0.1) is 0 Å². The van der Waals surface area contributed by atoms with Crippen LogP contribution in [0.4, 0.5) is 0 Å². The van der Waals surface area contributed by atoms with Gasteiger partial charge in [-0.3, -0.25) is 0 Å². The fraction of sp³-hybridized carbons (Fsp3) is 0.962. The van der Waals surface area contributed by atoms with Crippen LogP contribution in [0, 0.1) is 0 Å². The van der Waals surface area contributed by atoms with Crippen molar-refractivity contribution in [1.29, 1.82) is 0 Å². The number of hydrogen-bond acceptors (Lipinski definition) is 18. The molecule has 5 atom stereocenters. The minimum atomic E-state index is -1.31. The molecular weight excluding hydrogens is 616 g/mol. The van der Waals surface area contributed by atoms with Crippen molar-refractivity contribution in [2.24, 2.45) is 0 Å². The number of ether oxygens (including phenoxy) is 11. The average molecular weight is 669 g/mol. The molecule has 0 aromatic heterocycles. The summed E-state index contributed by atoms with van der Waals surface area (Å²) in [5, 5.41) is 62.8. The van der Waals surface area contributed by atoms with Gasteiger partial charge in [-0.05, 0) is 0 Å². The van der Waals surface area contributed by atoms with E-state index < -0.39 is 63.5 Å². The SMILES string of the molecule is O=C(O)COCCOCC(COCCOC(O)CO)OCCOCC(COCCO)OCCOC(CO)OCCOC(O)CO. The average Bonchev–Trinajstić information content (AvgIpc) is 3.03. The molecule has 45 heavy (non-hydrogen) atoms. The molecular formula is C26H52O19. The second kappa shape index (κ2) is 32.7.